The molecule has 4 heteroatoms. The summed E-state index contributed by atoms with van der Waals surface area (Å²) in [6, 6.07) is 5.04. The lowest BCUT2D eigenvalue weighted by Gasteiger charge is -2.14. The van der Waals surface area contributed by atoms with Gasteiger partial charge in [0.2, 0.25) is 0 Å². The van der Waals surface area contributed by atoms with E-state index in [1.54, 1.807) is 6.07 Å². The summed E-state index contributed by atoms with van der Waals surface area (Å²) in [5, 5.41) is 0.964. The van der Waals surface area contributed by atoms with Crippen molar-refractivity contribution in [2.45, 2.75) is 43.4 Å². The summed E-state index contributed by atoms with van der Waals surface area (Å²) in [5.74, 6) is 0.597. The van der Waals surface area contributed by atoms with Crippen molar-refractivity contribution < 1.29 is 4.39 Å². The molecule has 0 aromatic heterocycles. The molecule has 2 N–H and O–H groups in total. The monoisotopic (exact) mass is 287 g/mol. The predicted octanol–water partition coefficient (Wildman–Crippen LogP) is 4.02. The maximum Gasteiger partial charge on any atom is 0.142 e. The fourth-order valence-electron chi connectivity index (χ4n) is 2.34. The van der Waals surface area contributed by atoms with Gasteiger partial charge in [0.25, 0.3) is 0 Å². The lowest BCUT2D eigenvalue weighted by atomic mass is 10.1. The van der Waals surface area contributed by atoms with Gasteiger partial charge in [0.1, 0.15) is 5.82 Å². The van der Waals surface area contributed by atoms with Gasteiger partial charge in [-0.15, -0.1) is 0 Å². The molecule has 1 aromatic rings. The Labute approximate surface area is 117 Å². The number of thioether (sulfide) groups is 1. The summed E-state index contributed by atoms with van der Waals surface area (Å²) < 4.78 is 13.3. The molecule has 2 rings (SSSR count). The topological polar surface area (TPSA) is 26.0 Å². The highest BCUT2D eigenvalue weighted by Gasteiger charge is 2.16. The van der Waals surface area contributed by atoms with Gasteiger partial charge in [0, 0.05) is 17.0 Å². The molecule has 1 nitrogen and oxygen atoms in total. The van der Waals surface area contributed by atoms with Gasteiger partial charge in [-0.25, -0.2) is 4.39 Å². The van der Waals surface area contributed by atoms with Crippen LogP contribution in [0.2, 0.25) is 5.02 Å². The number of hydrogen-bond donors (Lipinski definition) is 1. The van der Waals surface area contributed by atoms with Crippen LogP contribution in [0.4, 0.5) is 4.39 Å². The minimum absolute atomic E-state index is 0.0937. The van der Waals surface area contributed by atoms with Crippen molar-refractivity contribution in [2.24, 2.45) is 5.73 Å². The van der Waals surface area contributed by atoms with E-state index in [1.807, 2.05) is 17.8 Å². The van der Waals surface area contributed by atoms with Crippen LogP contribution >= 0.6 is 23.4 Å². The quantitative estimate of drug-likeness (QED) is 0.885. The fraction of sp³-hybridized carbons (Fsp3) is 0.571. The zero-order chi connectivity index (χ0) is 13.0. The number of hydrogen-bond acceptors (Lipinski definition) is 2. The highest BCUT2D eigenvalue weighted by atomic mass is 35.5. The van der Waals surface area contributed by atoms with Crippen molar-refractivity contribution in [3.63, 3.8) is 0 Å². The zero-order valence-electron chi connectivity index (χ0n) is 10.4. The molecule has 0 heterocycles. The summed E-state index contributed by atoms with van der Waals surface area (Å²) in [6.45, 7) is 0. The van der Waals surface area contributed by atoms with E-state index in [2.05, 4.69) is 0 Å². The van der Waals surface area contributed by atoms with Crippen LogP contribution in [0.25, 0.3) is 0 Å². The minimum atomic E-state index is -0.357. The van der Waals surface area contributed by atoms with E-state index < -0.39 is 0 Å². The molecule has 1 unspecified atom stereocenters. The van der Waals surface area contributed by atoms with Gasteiger partial charge in [0.05, 0.1) is 5.02 Å². The number of halogens is 2. The summed E-state index contributed by atoms with van der Waals surface area (Å²) in [6.07, 6.45) is 6.08. The number of rotatable bonds is 5. The molecule has 0 spiro atoms. The third-order valence-electron chi connectivity index (χ3n) is 3.33. The molecule has 1 saturated carbocycles. The van der Waals surface area contributed by atoms with Crippen molar-refractivity contribution in [1.82, 2.24) is 0 Å². The van der Waals surface area contributed by atoms with Crippen molar-refractivity contribution in [3.05, 3.63) is 34.6 Å². The first-order valence-corrected chi connectivity index (χ1v) is 7.89. The molecule has 1 fully saturated rings. The van der Waals surface area contributed by atoms with Gasteiger partial charge in [-0.3, -0.25) is 0 Å². The van der Waals surface area contributed by atoms with Gasteiger partial charge in [-0.1, -0.05) is 30.5 Å². The van der Waals surface area contributed by atoms with E-state index in [0.29, 0.717) is 6.42 Å². The van der Waals surface area contributed by atoms with E-state index in [4.69, 9.17) is 17.3 Å². The first-order chi connectivity index (χ1) is 8.65. The van der Waals surface area contributed by atoms with Crippen LogP contribution in [-0.2, 0) is 6.42 Å². The van der Waals surface area contributed by atoms with Crippen LogP contribution in [-0.4, -0.2) is 17.0 Å². The molecule has 0 bridgehead atoms. The minimum Gasteiger partial charge on any atom is -0.327 e. The largest absolute Gasteiger partial charge is 0.327 e. The lowest BCUT2D eigenvalue weighted by Crippen LogP contribution is -2.26. The Balaban J connectivity index is 1.78. The Hall–Kier alpha value is -0.250. The zero-order valence-corrected chi connectivity index (χ0v) is 11.9. The lowest BCUT2D eigenvalue weighted by molar-refractivity contribution is 0.623. The predicted molar refractivity (Wildman–Crippen MR) is 77.8 cm³/mol. The van der Waals surface area contributed by atoms with Gasteiger partial charge in [-0.2, -0.15) is 11.8 Å². The normalized spacial score (nSPS) is 18.2. The van der Waals surface area contributed by atoms with E-state index in [1.165, 1.54) is 31.7 Å². The number of nitrogens with two attached hydrogens (primary N) is 1. The SMILES string of the molecule is NC(CSC1CCCC1)Cc1ccc(Cl)c(F)c1. The molecule has 1 aliphatic rings. The van der Waals surface area contributed by atoms with Crippen molar-refractivity contribution in [3.8, 4) is 0 Å². The van der Waals surface area contributed by atoms with Crippen LogP contribution in [0.5, 0.6) is 0 Å². The smallest absolute Gasteiger partial charge is 0.142 e. The van der Waals surface area contributed by atoms with Gasteiger partial charge in [-0.05, 0) is 37.0 Å². The maximum absolute atomic E-state index is 13.3. The van der Waals surface area contributed by atoms with Crippen molar-refractivity contribution in [1.29, 1.82) is 0 Å². The molecule has 0 radical (unpaired) electrons. The summed E-state index contributed by atoms with van der Waals surface area (Å²) >= 11 is 7.63. The molecule has 1 aliphatic carbocycles. The second-order valence-corrected chi connectivity index (χ2v) is 6.69. The molecule has 0 amide bonds. The van der Waals surface area contributed by atoms with Gasteiger partial charge >= 0.3 is 0 Å². The molecule has 18 heavy (non-hydrogen) atoms. The van der Waals surface area contributed by atoms with Gasteiger partial charge < -0.3 is 5.73 Å². The molecular weight excluding hydrogens is 269 g/mol. The van der Waals surface area contributed by atoms with Gasteiger partial charge in [0.15, 0.2) is 0 Å². The first kappa shape index (κ1) is 14.2. The molecule has 0 aliphatic heterocycles. The van der Waals surface area contributed by atoms with Crippen LogP contribution in [0.3, 0.4) is 0 Å². The maximum atomic E-state index is 13.3. The van der Waals surface area contributed by atoms with Crippen LogP contribution in [0.15, 0.2) is 18.2 Å². The van der Waals surface area contributed by atoms with E-state index in [-0.39, 0.29) is 16.9 Å². The van der Waals surface area contributed by atoms with Crippen LogP contribution in [0.1, 0.15) is 31.2 Å². The second-order valence-electron chi connectivity index (χ2n) is 4.95. The molecule has 100 valence electrons. The molecular formula is C14H19ClFNS. The Morgan fingerprint density at radius 1 is 1.39 bits per heavy atom. The van der Waals surface area contributed by atoms with E-state index >= 15 is 0 Å². The van der Waals surface area contributed by atoms with Crippen molar-refractivity contribution in [2.75, 3.05) is 5.75 Å². The summed E-state index contributed by atoms with van der Waals surface area (Å²) in [5.41, 5.74) is 7.02. The van der Waals surface area contributed by atoms with Crippen LogP contribution in [0, 0.1) is 5.82 Å². The third-order valence-corrected chi connectivity index (χ3v) is 5.20. The molecule has 1 atom stereocenters. The summed E-state index contributed by atoms with van der Waals surface area (Å²) in [4.78, 5) is 0. The average molecular weight is 288 g/mol. The van der Waals surface area contributed by atoms with E-state index in [9.17, 15) is 4.39 Å². The fourth-order valence-corrected chi connectivity index (χ4v) is 3.76. The van der Waals surface area contributed by atoms with Crippen LogP contribution < -0.4 is 5.73 Å². The summed E-state index contributed by atoms with van der Waals surface area (Å²) in [7, 11) is 0. The number of benzene rings is 1. The second kappa shape index (κ2) is 6.78. The molecule has 0 saturated heterocycles. The standard InChI is InChI=1S/C14H19ClFNS/c15-13-6-5-10(8-14(13)16)7-11(17)9-18-12-3-1-2-4-12/h5-6,8,11-12H,1-4,7,9,17H2. The Morgan fingerprint density at radius 2 is 2.11 bits per heavy atom. The Kier molecular flexibility index (Phi) is 5.34. The Morgan fingerprint density at radius 3 is 2.78 bits per heavy atom. The highest BCUT2D eigenvalue weighted by Crippen LogP contribution is 2.29. The van der Waals surface area contributed by atoms with Crippen molar-refractivity contribution >= 4 is 23.4 Å². The third kappa shape index (κ3) is 4.15. The Bertz CT molecular complexity index is 393. The van der Waals surface area contributed by atoms with E-state index in [0.717, 1.165) is 16.6 Å². The average Bonchev–Trinajstić information content (AvgIpc) is 2.84. The first-order valence-electron chi connectivity index (χ1n) is 6.46. The highest BCUT2D eigenvalue weighted by molar-refractivity contribution is 7.99. The molecule has 1 aromatic carbocycles.